The Kier molecular flexibility index (Phi) is 6.09. The van der Waals surface area contributed by atoms with Crippen molar-refractivity contribution in [3.05, 3.63) is 17.7 Å². The summed E-state index contributed by atoms with van der Waals surface area (Å²) in [5.74, 6) is 1.31. The monoisotopic (exact) mass is 348 g/mol. The van der Waals surface area contributed by atoms with Gasteiger partial charge in [-0.25, -0.2) is 4.98 Å². The van der Waals surface area contributed by atoms with Gasteiger partial charge in [-0.05, 0) is 27.3 Å². The molecule has 1 aromatic rings. The summed E-state index contributed by atoms with van der Waals surface area (Å²) in [7, 11) is 2.15. The van der Waals surface area contributed by atoms with Gasteiger partial charge in [-0.3, -0.25) is 14.6 Å². The number of amides is 1. The standard InChI is InChI=1S/C18H32N6O/c1-15-13-19-17(20-15)14-22-5-4-6-24(12-9-22)18(25)16(2)23-10-7-21(3)8-11-23/h13,16H,4-12,14H2,1-3H3,(H,19,20). The number of imidazole rings is 1. The second-order valence-corrected chi connectivity index (χ2v) is 7.48. The number of carbonyl (C=O) groups is 1. The van der Waals surface area contributed by atoms with Gasteiger partial charge in [0.2, 0.25) is 5.91 Å². The number of carbonyl (C=O) groups excluding carboxylic acids is 1. The average molecular weight is 348 g/mol. The Labute approximate surface area is 151 Å². The Morgan fingerprint density at radius 3 is 2.60 bits per heavy atom. The molecule has 1 unspecified atom stereocenters. The molecule has 0 bridgehead atoms. The van der Waals surface area contributed by atoms with Gasteiger partial charge in [0.05, 0.1) is 12.6 Å². The van der Waals surface area contributed by atoms with Crippen molar-refractivity contribution in [3.63, 3.8) is 0 Å². The van der Waals surface area contributed by atoms with Crippen LogP contribution in [-0.4, -0.2) is 101 Å². The van der Waals surface area contributed by atoms with Gasteiger partial charge < -0.3 is 14.8 Å². The molecule has 1 N–H and O–H groups in total. The second-order valence-electron chi connectivity index (χ2n) is 7.48. The number of piperazine rings is 1. The van der Waals surface area contributed by atoms with E-state index < -0.39 is 0 Å². The minimum atomic E-state index is -0.00651. The molecule has 2 aliphatic heterocycles. The van der Waals surface area contributed by atoms with E-state index in [4.69, 9.17) is 0 Å². The summed E-state index contributed by atoms with van der Waals surface area (Å²) in [6.45, 7) is 12.6. The number of aromatic amines is 1. The summed E-state index contributed by atoms with van der Waals surface area (Å²) in [6.07, 6.45) is 2.90. The molecule has 2 aliphatic rings. The molecule has 1 aromatic heterocycles. The molecule has 7 nitrogen and oxygen atoms in total. The molecule has 1 amide bonds. The molecule has 140 valence electrons. The van der Waals surface area contributed by atoms with E-state index in [2.05, 4.69) is 43.5 Å². The molecule has 0 saturated carbocycles. The largest absolute Gasteiger partial charge is 0.345 e. The predicted molar refractivity (Wildman–Crippen MR) is 98.3 cm³/mol. The minimum absolute atomic E-state index is 0.00651. The topological polar surface area (TPSA) is 58.7 Å². The van der Waals surface area contributed by atoms with Crippen LogP contribution in [0.3, 0.4) is 0 Å². The second kappa shape index (κ2) is 8.29. The zero-order valence-electron chi connectivity index (χ0n) is 15.9. The molecule has 2 fully saturated rings. The molecular weight excluding hydrogens is 316 g/mol. The maximum absolute atomic E-state index is 12.9. The summed E-state index contributed by atoms with van der Waals surface area (Å²) in [5.41, 5.74) is 1.10. The maximum Gasteiger partial charge on any atom is 0.239 e. The van der Waals surface area contributed by atoms with Crippen molar-refractivity contribution < 1.29 is 4.79 Å². The highest BCUT2D eigenvalue weighted by Gasteiger charge is 2.29. The fourth-order valence-electron chi connectivity index (χ4n) is 3.74. The van der Waals surface area contributed by atoms with E-state index in [0.29, 0.717) is 5.91 Å². The van der Waals surface area contributed by atoms with Gasteiger partial charge in [0.1, 0.15) is 5.82 Å². The maximum atomic E-state index is 12.9. The van der Waals surface area contributed by atoms with Crippen LogP contribution < -0.4 is 0 Å². The van der Waals surface area contributed by atoms with Crippen molar-refractivity contribution in [1.82, 2.24) is 29.6 Å². The Bertz CT molecular complexity index is 566. The zero-order chi connectivity index (χ0) is 17.8. The molecule has 0 spiro atoms. The fourth-order valence-corrected chi connectivity index (χ4v) is 3.74. The SMILES string of the molecule is Cc1cnc(CN2CCCN(C(=O)C(C)N3CCN(C)CC3)CC2)[nH]1. The summed E-state index contributed by atoms with van der Waals surface area (Å²) >= 11 is 0. The molecule has 3 rings (SSSR count). The number of hydrogen-bond acceptors (Lipinski definition) is 5. The summed E-state index contributed by atoms with van der Waals surface area (Å²) in [4.78, 5) is 29.8. The minimum Gasteiger partial charge on any atom is -0.345 e. The van der Waals surface area contributed by atoms with Crippen molar-refractivity contribution in [1.29, 1.82) is 0 Å². The quantitative estimate of drug-likeness (QED) is 0.853. The van der Waals surface area contributed by atoms with Gasteiger partial charge in [-0.15, -0.1) is 0 Å². The molecule has 7 heteroatoms. The lowest BCUT2D eigenvalue weighted by Gasteiger charge is -2.37. The van der Waals surface area contributed by atoms with Gasteiger partial charge in [-0.2, -0.15) is 0 Å². The number of nitrogens with one attached hydrogen (secondary N) is 1. The zero-order valence-corrected chi connectivity index (χ0v) is 15.9. The summed E-state index contributed by atoms with van der Waals surface area (Å²) in [6, 6.07) is -0.00651. The van der Waals surface area contributed by atoms with Crippen LogP contribution in [-0.2, 0) is 11.3 Å². The van der Waals surface area contributed by atoms with E-state index in [1.54, 1.807) is 0 Å². The highest BCUT2D eigenvalue weighted by atomic mass is 16.2. The number of nitrogens with zero attached hydrogens (tertiary/aromatic N) is 5. The Balaban J connectivity index is 1.50. The molecule has 1 atom stereocenters. The molecule has 0 radical (unpaired) electrons. The number of H-pyrrole nitrogens is 1. The van der Waals surface area contributed by atoms with Crippen molar-refractivity contribution >= 4 is 5.91 Å². The van der Waals surface area contributed by atoms with Crippen molar-refractivity contribution in [2.24, 2.45) is 0 Å². The van der Waals surface area contributed by atoms with E-state index in [9.17, 15) is 4.79 Å². The van der Waals surface area contributed by atoms with Crippen molar-refractivity contribution in [2.75, 3.05) is 59.4 Å². The third kappa shape index (κ3) is 4.80. The van der Waals surface area contributed by atoms with Gasteiger partial charge in [-0.1, -0.05) is 0 Å². The van der Waals surface area contributed by atoms with Crippen LogP contribution in [0.5, 0.6) is 0 Å². The normalized spacial score (nSPS) is 22.8. The van der Waals surface area contributed by atoms with Crippen LogP contribution in [0.4, 0.5) is 0 Å². The van der Waals surface area contributed by atoms with Gasteiger partial charge in [0, 0.05) is 64.2 Å². The van der Waals surface area contributed by atoms with Crippen LogP contribution in [0, 0.1) is 6.92 Å². The molecule has 0 aliphatic carbocycles. The summed E-state index contributed by atoms with van der Waals surface area (Å²) < 4.78 is 0. The first kappa shape index (κ1) is 18.4. The van der Waals surface area contributed by atoms with Gasteiger partial charge in [0.25, 0.3) is 0 Å². The predicted octanol–water partition coefficient (Wildman–Crippen LogP) is 0.388. The molecule has 3 heterocycles. The average Bonchev–Trinajstić information content (AvgIpc) is 2.87. The van der Waals surface area contributed by atoms with Crippen molar-refractivity contribution in [2.45, 2.75) is 32.9 Å². The molecule has 0 aromatic carbocycles. The molecule has 25 heavy (non-hydrogen) atoms. The highest BCUT2D eigenvalue weighted by molar-refractivity contribution is 5.81. The fraction of sp³-hybridized carbons (Fsp3) is 0.778. The lowest BCUT2D eigenvalue weighted by Crippen LogP contribution is -2.54. The molecular formula is C18H32N6O. The van der Waals surface area contributed by atoms with Crippen LogP contribution in [0.15, 0.2) is 6.20 Å². The number of hydrogen-bond donors (Lipinski definition) is 1. The van der Waals surface area contributed by atoms with E-state index in [1.165, 1.54) is 0 Å². The lowest BCUT2D eigenvalue weighted by atomic mass is 10.2. The van der Waals surface area contributed by atoms with Crippen LogP contribution >= 0.6 is 0 Å². The van der Waals surface area contributed by atoms with Gasteiger partial charge >= 0.3 is 0 Å². The highest BCUT2D eigenvalue weighted by Crippen LogP contribution is 2.12. The number of rotatable bonds is 4. The van der Waals surface area contributed by atoms with Crippen LogP contribution in [0.1, 0.15) is 24.9 Å². The summed E-state index contributed by atoms with van der Waals surface area (Å²) in [5, 5.41) is 0. The van der Waals surface area contributed by atoms with E-state index in [-0.39, 0.29) is 6.04 Å². The van der Waals surface area contributed by atoms with E-state index in [0.717, 1.165) is 76.8 Å². The first-order valence-corrected chi connectivity index (χ1v) is 9.47. The van der Waals surface area contributed by atoms with E-state index >= 15 is 0 Å². The lowest BCUT2D eigenvalue weighted by molar-refractivity contribution is -0.137. The Morgan fingerprint density at radius 1 is 1.16 bits per heavy atom. The van der Waals surface area contributed by atoms with Gasteiger partial charge in [0.15, 0.2) is 0 Å². The number of likely N-dealkylation sites (N-methyl/N-ethyl adjacent to an activating group) is 1. The number of aryl methyl sites for hydroxylation is 1. The Morgan fingerprint density at radius 2 is 1.92 bits per heavy atom. The third-order valence-electron chi connectivity index (χ3n) is 5.47. The first-order chi connectivity index (χ1) is 12.0. The Hall–Kier alpha value is -1.44. The first-order valence-electron chi connectivity index (χ1n) is 9.47. The smallest absolute Gasteiger partial charge is 0.239 e. The van der Waals surface area contributed by atoms with Crippen LogP contribution in [0.2, 0.25) is 0 Å². The third-order valence-corrected chi connectivity index (χ3v) is 5.47. The molecule has 2 saturated heterocycles. The van der Waals surface area contributed by atoms with E-state index in [1.807, 2.05) is 13.1 Å². The number of aromatic nitrogens is 2. The van der Waals surface area contributed by atoms with Crippen LogP contribution in [0.25, 0.3) is 0 Å². The van der Waals surface area contributed by atoms with Crippen molar-refractivity contribution in [3.8, 4) is 0 Å².